The minimum atomic E-state index is -1.29. The molecule has 3 rings (SSSR count). The molecule has 3 nitrogen and oxygen atoms in total. The standard InChI is InChI=1S/C12H13F3N2O/c13-8-3-9(14)12(16-11(8)15)17-4-6-1-2-10(18)7(6)5-17/h3,6-7,10,18H,1-2,4-5H2. The molecule has 2 aliphatic rings. The third-order valence-corrected chi connectivity index (χ3v) is 3.99. The molecule has 0 bridgehead atoms. The van der Waals surface area contributed by atoms with Gasteiger partial charge >= 0.3 is 0 Å². The zero-order valence-corrected chi connectivity index (χ0v) is 9.61. The van der Waals surface area contributed by atoms with Gasteiger partial charge in [0.15, 0.2) is 17.5 Å². The van der Waals surface area contributed by atoms with Crippen LogP contribution in [0.5, 0.6) is 0 Å². The Morgan fingerprint density at radius 3 is 2.67 bits per heavy atom. The van der Waals surface area contributed by atoms with Crippen LogP contribution in [0, 0.1) is 29.4 Å². The number of hydrogen-bond donors (Lipinski definition) is 1. The van der Waals surface area contributed by atoms with Gasteiger partial charge in [-0.1, -0.05) is 0 Å². The summed E-state index contributed by atoms with van der Waals surface area (Å²) in [5.41, 5.74) is 0. The van der Waals surface area contributed by atoms with Gasteiger partial charge in [-0.25, -0.2) is 8.78 Å². The molecule has 6 heteroatoms. The minimum Gasteiger partial charge on any atom is -0.393 e. The van der Waals surface area contributed by atoms with Gasteiger partial charge < -0.3 is 10.0 Å². The van der Waals surface area contributed by atoms with E-state index in [0.29, 0.717) is 19.2 Å². The van der Waals surface area contributed by atoms with Gasteiger partial charge in [-0.05, 0) is 18.8 Å². The smallest absolute Gasteiger partial charge is 0.251 e. The molecule has 0 spiro atoms. The Morgan fingerprint density at radius 2 is 1.94 bits per heavy atom. The average molecular weight is 258 g/mol. The summed E-state index contributed by atoms with van der Waals surface area (Å²) >= 11 is 0. The van der Waals surface area contributed by atoms with Gasteiger partial charge in [0.1, 0.15) is 0 Å². The molecule has 0 amide bonds. The van der Waals surface area contributed by atoms with Crippen molar-refractivity contribution in [3.05, 3.63) is 23.6 Å². The quantitative estimate of drug-likeness (QED) is 0.779. The first-order valence-corrected chi connectivity index (χ1v) is 6.01. The van der Waals surface area contributed by atoms with Crippen molar-refractivity contribution in [2.24, 2.45) is 11.8 Å². The normalized spacial score (nSPS) is 30.9. The molecule has 1 saturated heterocycles. The number of anilines is 1. The molecule has 1 saturated carbocycles. The number of aliphatic hydroxyl groups excluding tert-OH is 1. The van der Waals surface area contributed by atoms with Crippen LogP contribution in [0.4, 0.5) is 19.0 Å². The van der Waals surface area contributed by atoms with Gasteiger partial charge in [-0.15, -0.1) is 0 Å². The summed E-state index contributed by atoms with van der Waals surface area (Å²) < 4.78 is 39.4. The number of fused-ring (bicyclic) bond motifs is 1. The van der Waals surface area contributed by atoms with E-state index in [1.807, 2.05) is 0 Å². The number of nitrogens with zero attached hydrogens (tertiary/aromatic N) is 2. The van der Waals surface area contributed by atoms with Crippen LogP contribution in [-0.4, -0.2) is 29.3 Å². The lowest BCUT2D eigenvalue weighted by atomic mass is 10.00. The van der Waals surface area contributed by atoms with Crippen molar-refractivity contribution in [3.8, 4) is 0 Å². The molecule has 1 aliphatic heterocycles. The number of halogens is 3. The molecule has 3 unspecified atom stereocenters. The molecule has 2 fully saturated rings. The first kappa shape index (κ1) is 11.8. The van der Waals surface area contributed by atoms with Crippen molar-refractivity contribution in [2.45, 2.75) is 18.9 Å². The first-order chi connectivity index (χ1) is 8.56. The fourth-order valence-electron chi connectivity index (χ4n) is 3.07. The Kier molecular flexibility index (Phi) is 2.69. The van der Waals surface area contributed by atoms with Crippen LogP contribution in [0.15, 0.2) is 6.07 Å². The third kappa shape index (κ3) is 1.75. The molecule has 18 heavy (non-hydrogen) atoms. The van der Waals surface area contributed by atoms with Gasteiger partial charge in [0.05, 0.1) is 6.10 Å². The van der Waals surface area contributed by atoms with Crippen LogP contribution in [0.3, 0.4) is 0 Å². The molecule has 0 radical (unpaired) electrons. The van der Waals surface area contributed by atoms with E-state index in [9.17, 15) is 18.3 Å². The Balaban J connectivity index is 1.87. The monoisotopic (exact) mass is 258 g/mol. The van der Waals surface area contributed by atoms with E-state index in [-0.39, 0.29) is 23.8 Å². The molecule has 98 valence electrons. The number of aliphatic hydroxyl groups is 1. The highest BCUT2D eigenvalue weighted by molar-refractivity contribution is 5.42. The molecular formula is C12H13F3N2O. The van der Waals surface area contributed by atoms with Crippen LogP contribution < -0.4 is 4.90 Å². The van der Waals surface area contributed by atoms with Crippen molar-refractivity contribution in [1.29, 1.82) is 0 Å². The van der Waals surface area contributed by atoms with E-state index in [1.54, 1.807) is 4.90 Å². The summed E-state index contributed by atoms with van der Waals surface area (Å²) in [4.78, 5) is 4.93. The summed E-state index contributed by atoms with van der Waals surface area (Å²) in [5, 5.41) is 9.76. The molecule has 2 heterocycles. The number of hydrogen-bond acceptors (Lipinski definition) is 3. The molecule has 1 N–H and O–H groups in total. The molecule has 1 aromatic rings. The largest absolute Gasteiger partial charge is 0.393 e. The SMILES string of the molecule is OC1CCC2CN(c3nc(F)c(F)cc3F)CC12. The van der Waals surface area contributed by atoms with E-state index < -0.39 is 17.6 Å². The van der Waals surface area contributed by atoms with Crippen LogP contribution in [0.2, 0.25) is 0 Å². The maximum Gasteiger partial charge on any atom is 0.251 e. The lowest BCUT2D eigenvalue weighted by Gasteiger charge is -2.19. The fraction of sp³-hybridized carbons (Fsp3) is 0.583. The van der Waals surface area contributed by atoms with Gasteiger partial charge in [-0.2, -0.15) is 9.37 Å². The Bertz CT molecular complexity index is 483. The van der Waals surface area contributed by atoms with E-state index in [1.165, 1.54) is 0 Å². The molecule has 0 aromatic carbocycles. The predicted molar refractivity (Wildman–Crippen MR) is 58.5 cm³/mol. The maximum atomic E-state index is 13.6. The van der Waals surface area contributed by atoms with E-state index >= 15 is 0 Å². The fourth-order valence-corrected chi connectivity index (χ4v) is 3.07. The molecular weight excluding hydrogens is 245 g/mol. The van der Waals surface area contributed by atoms with Crippen LogP contribution in [-0.2, 0) is 0 Å². The van der Waals surface area contributed by atoms with E-state index in [0.717, 1.165) is 12.8 Å². The van der Waals surface area contributed by atoms with E-state index in [4.69, 9.17) is 0 Å². The lowest BCUT2D eigenvalue weighted by Crippen LogP contribution is -2.26. The van der Waals surface area contributed by atoms with Crippen molar-refractivity contribution < 1.29 is 18.3 Å². The summed E-state index contributed by atoms with van der Waals surface area (Å²) in [6, 6.07) is 0.516. The minimum absolute atomic E-state index is 0.0827. The van der Waals surface area contributed by atoms with Crippen molar-refractivity contribution >= 4 is 5.82 Å². The second-order valence-corrected chi connectivity index (χ2v) is 5.04. The van der Waals surface area contributed by atoms with Gasteiger partial charge in [0.25, 0.3) is 5.95 Å². The van der Waals surface area contributed by atoms with Crippen molar-refractivity contribution in [3.63, 3.8) is 0 Å². The van der Waals surface area contributed by atoms with Gasteiger partial charge in [-0.3, -0.25) is 0 Å². The van der Waals surface area contributed by atoms with Gasteiger partial charge in [0, 0.05) is 25.1 Å². The Morgan fingerprint density at radius 1 is 1.17 bits per heavy atom. The second kappa shape index (κ2) is 4.12. The van der Waals surface area contributed by atoms with Crippen LogP contribution >= 0.6 is 0 Å². The number of aromatic nitrogens is 1. The Labute approximate surface area is 102 Å². The number of rotatable bonds is 1. The molecule has 1 aromatic heterocycles. The van der Waals surface area contributed by atoms with Crippen LogP contribution in [0.25, 0.3) is 0 Å². The highest BCUT2D eigenvalue weighted by atomic mass is 19.2. The molecule has 1 aliphatic carbocycles. The highest BCUT2D eigenvalue weighted by Gasteiger charge is 2.42. The summed E-state index contributed by atoms with van der Waals surface area (Å²) in [6.07, 6.45) is 1.26. The van der Waals surface area contributed by atoms with Crippen molar-refractivity contribution in [1.82, 2.24) is 4.98 Å². The summed E-state index contributed by atoms with van der Waals surface area (Å²) in [5.74, 6) is -3.22. The average Bonchev–Trinajstić information content (AvgIpc) is 2.87. The summed E-state index contributed by atoms with van der Waals surface area (Å²) in [7, 11) is 0. The molecule has 3 atom stereocenters. The zero-order valence-electron chi connectivity index (χ0n) is 9.61. The van der Waals surface area contributed by atoms with E-state index in [2.05, 4.69) is 4.98 Å². The van der Waals surface area contributed by atoms with Crippen LogP contribution in [0.1, 0.15) is 12.8 Å². The lowest BCUT2D eigenvalue weighted by molar-refractivity contribution is 0.133. The topological polar surface area (TPSA) is 36.4 Å². The van der Waals surface area contributed by atoms with Gasteiger partial charge in [0.2, 0.25) is 0 Å². The maximum absolute atomic E-state index is 13.6. The third-order valence-electron chi connectivity index (χ3n) is 3.99. The number of pyridine rings is 1. The summed E-state index contributed by atoms with van der Waals surface area (Å²) in [6.45, 7) is 0.984. The zero-order chi connectivity index (χ0) is 12.9. The second-order valence-electron chi connectivity index (χ2n) is 5.04. The highest BCUT2D eigenvalue weighted by Crippen LogP contribution is 2.39. The Hall–Kier alpha value is -1.30. The predicted octanol–water partition coefficient (Wildman–Crippen LogP) is 1.71. The first-order valence-electron chi connectivity index (χ1n) is 6.01. The van der Waals surface area contributed by atoms with Crippen molar-refractivity contribution in [2.75, 3.05) is 18.0 Å².